The fourth-order valence-corrected chi connectivity index (χ4v) is 3.37. The van der Waals surface area contributed by atoms with Gasteiger partial charge in [0.25, 0.3) is 5.91 Å². The van der Waals surface area contributed by atoms with E-state index in [4.69, 9.17) is 0 Å². The Morgan fingerprint density at radius 2 is 1.92 bits per heavy atom. The zero-order valence-corrected chi connectivity index (χ0v) is 15.3. The van der Waals surface area contributed by atoms with E-state index < -0.39 is 6.04 Å². The smallest absolute Gasteiger partial charge is 0.254 e. The molecule has 1 fully saturated rings. The van der Waals surface area contributed by atoms with E-state index in [9.17, 15) is 14.4 Å². The molecule has 1 aliphatic heterocycles. The molecule has 1 saturated heterocycles. The Morgan fingerprint density at radius 1 is 1.15 bits per heavy atom. The molecule has 2 amide bonds. The summed E-state index contributed by atoms with van der Waals surface area (Å²) >= 11 is 0. The van der Waals surface area contributed by atoms with Crippen LogP contribution in [0.4, 0.5) is 0 Å². The molecule has 0 saturated carbocycles. The lowest BCUT2D eigenvalue weighted by Crippen LogP contribution is -2.57. The standard InChI is InChI=1S/C20H23N3O3/c1-13-5-4-6-16(9-13)12-22-7-8-23(15(3)19(22)25)20(26)17-10-14(2)21-18(24)11-17/h4-6,9-11,15H,7-8,12H2,1-3H3,(H,21,24). The number of benzene rings is 1. The Balaban J connectivity index is 1.75. The number of carbonyl (C=O) groups is 2. The first-order chi connectivity index (χ1) is 12.3. The molecule has 136 valence electrons. The van der Waals surface area contributed by atoms with E-state index >= 15 is 0 Å². The highest BCUT2D eigenvalue weighted by Gasteiger charge is 2.34. The molecule has 1 atom stereocenters. The van der Waals surface area contributed by atoms with Crippen LogP contribution >= 0.6 is 0 Å². The molecule has 0 radical (unpaired) electrons. The van der Waals surface area contributed by atoms with Gasteiger partial charge >= 0.3 is 0 Å². The highest BCUT2D eigenvalue weighted by Crippen LogP contribution is 2.17. The van der Waals surface area contributed by atoms with E-state index in [2.05, 4.69) is 11.1 Å². The maximum absolute atomic E-state index is 12.8. The van der Waals surface area contributed by atoms with Gasteiger partial charge in [-0.2, -0.15) is 0 Å². The number of aryl methyl sites for hydroxylation is 2. The molecule has 0 spiro atoms. The predicted octanol–water partition coefficient (Wildman–Crippen LogP) is 1.86. The Labute approximate surface area is 152 Å². The molecule has 1 aliphatic rings. The van der Waals surface area contributed by atoms with Gasteiger partial charge in [-0.05, 0) is 32.4 Å². The number of nitrogens with zero attached hydrogens (tertiary/aromatic N) is 2. The Hall–Kier alpha value is -2.89. The molecule has 2 heterocycles. The van der Waals surface area contributed by atoms with Crippen LogP contribution in [-0.2, 0) is 11.3 Å². The molecule has 1 aromatic heterocycles. The average molecular weight is 353 g/mol. The van der Waals surface area contributed by atoms with Gasteiger partial charge in [-0.25, -0.2) is 0 Å². The van der Waals surface area contributed by atoms with Gasteiger partial charge in [0.1, 0.15) is 6.04 Å². The first-order valence-electron chi connectivity index (χ1n) is 8.71. The molecule has 26 heavy (non-hydrogen) atoms. The Bertz CT molecular complexity index is 903. The topological polar surface area (TPSA) is 73.5 Å². The molecule has 0 bridgehead atoms. The third-order valence-corrected chi connectivity index (χ3v) is 4.69. The SMILES string of the molecule is Cc1cccc(CN2CCN(C(=O)c3cc(C)[nH]c(=O)c3)C(C)C2=O)c1. The van der Waals surface area contributed by atoms with E-state index in [0.29, 0.717) is 30.9 Å². The molecule has 2 aromatic rings. The summed E-state index contributed by atoms with van der Waals surface area (Å²) in [6, 6.07) is 10.4. The third-order valence-electron chi connectivity index (χ3n) is 4.69. The molecule has 6 nitrogen and oxygen atoms in total. The third kappa shape index (κ3) is 3.69. The first kappa shape index (κ1) is 17.9. The predicted molar refractivity (Wildman–Crippen MR) is 98.9 cm³/mol. The van der Waals surface area contributed by atoms with E-state index in [0.717, 1.165) is 11.1 Å². The molecule has 1 unspecified atom stereocenters. The van der Waals surface area contributed by atoms with Crippen molar-refractivity contribution < 1.29 is 9.59 Å². The molecule has 0 aliphatic carbocycles. The van der Waals surface area contributed by atoms with Crippen molar-refractivity contribution in [1.82, 2.24) is 14.8 Å². The minimum Gasteiger partial charge on any atom is -0.335 e. The summed E-state index contributed by atoms with van der Waals surface area (Å²) in [5.74, 6) is -0.358. The molecule has 6 heteroatoms. The van der Waals surface area contributed by atoms with Gasteiger partial charge in [0.2, 0.25) is 11.5 Å². The van der Waals surface area contributed by atoms with Crippen molar-refractivity contribution in [3.63, 3.8) is 0 Å². The van der Waals surface area contributed by atoms with E-state index in [1.165, 1.54) is 6.07 Å². The average Bonchev–Trinajstić information content (AvgIpc) is 2.58. The largest absolute Gasteiger partial charge is 0.335 e. The van der Waals surface area contributed by atoms with Crippen LogP contribution in [0.1, 0.15) is 34.1 Å². The lowest BCUT2D eigenvalue weighted by Gasteiger charge is -2.39. The number of H-pyrrole nitrogens is 1. The van der Waals surface area contributed by atoms with Gasteiger partial charge in [0.15, 0.2) is 0 Å². The fraction of sp³-hybridized carbons (Fsp3) is 0.350. The number of hydrogen-bond donors (Lipinski definition) is 1. The normalized spacial score (nSPS) is 17.5. The summed E-state index contributed by atoms with van der Waals surface area (Å²) in [5.41, 5.74) is 2.86. The minimum absolute atomic E-state index is 0.0762. The van der Waals surface area contributed by atoms with Gasteiger partial charge in [0, 0.05) is 37.0 Å². The molecule has 3 rings (SSSR count). The monoisotopic (exact) mass is 353 g/mol. The van der Waals surface area contributed by atoms with Gasteiger partial charge in [-0.1, -0.05) is 29.8 Å². The van der Waals surface area contributed by atoms with Gasteiger partial charge in [0.05, 0.1) is 0 Å². The lowest BCUT2D eigenvalue weighted by molar-refractivity contribution is -0.140. The zero-order valence-electron chi connectivity index (χ0n) is 15.3. The maximum Gasteiger partial charge on any atom is 0.254 e. The van der Waals surface area contributed by atoms with Crippen LogP contribution in [0.15, 0.2) is 41.2 Å². The van der Waals surface area contributed by atoms with Crippen molar-refractivity contribution in [2.45, 2.75) is 33.4 Å². The number of rotatable bonds is 3. The van der Waals surface area contributed by atoms with E-state index in [1.54, 1.807) is 29.7 Å². The number of amides is 2. The second kappa shape index (κ2) is 7.15. The Kier molecular flexibility index (Phi) is 4.93. The van der Waals surface area contributed by atoms with E-state index in [1.807, 2.05) is 25.1 Å². The number of aromatic nitrogens is 1. The minimum atomic E-state index is -0.555. The second-order valence-electron chi connectivity index (χ2n) is 6.84. The fourth-order valence-electron chi connectivity index (χ4n) is 3.37. The molecular weight excluding hydrogens is 330 g/mol. The van der Waals surface area contributed by atoms with Crippen molar-refractivity contribution in [3.05, 3.63) is 69.1 Å². The summed E-state index contributed by atoms with van der Waals surface area (Å²) in [7, 11) is 0. The Morgan fingerprint density at radius 3 is 2.62 bits per heavy atom. The van der Waals surface area contributed by atoms with Crippen LogP contribution < -0.4 is 5.56 Å². The maximum atomic E-state index is 12.8. The highest BCUT2D eigenvalue weighted by molar-refractivity contribution is 5.98. The summed E-state index contributed by atoms with van der Waals surface area (Å²) < 4.78 is 0. The summed E-state index contributed by atoms with van der Waals surface area (Å²) in [6.07, 6.45) is 0. The summed E-state index contributed by atoms with van der Waals surface area (Å²) in [6.45, 7) is 6.95. The number of piperazine rings is 1. The quantitative estimate of drug-likeness (QED) is 0.915. The number of pyridine rings is 1. The van der Waals surface area contributed by atoms with E-state index in [-0.39, 0.29) is 17.4 Å². The number of nitrogens with one attached hydrogen (secondary N) is 1. The van der Waals surface area contributed by atoms with Gasteiger partial charge < -0.3 is 14.8 Å². The van der Waals surface area contributed by atoms with Crippen LogP contribution in [0.5, 0.6) is 0 Å². The van der Waals surface area contributed by atoms with Crippen LogP contribution in [0.3, 0.4) is 0 Å². The summed E-state index contributed by atoms with van der Waals surface area (Å²) in [5, 5.41) is 0. The molecule has 1 aromatic carbocycles. The first-order valence-corrected chi connectivity index (χ1v) is 8.71. The van der Waals surface area contributed by atoms with Gasteiger partial charge in [-0.3, -0.25) is 14.4 Å². The highest BCUT2D eigenvalue weighted by atomic mass is 16.2. The van der Waals surface area contributed by atoms with Crippen molar-refractivity contribution in [2.24, 2.45) is 0 Å². The lowest BCUT2D eigenvalue weighted by atomic mass is 10.1. The number of aromatic amines is 1. The molecular formula is C20H23N3O3. The van der Waals surface area contributed by atoms with Crippen molar-refractivity contribution in [1.29, 1.82) is 0 Å². The number of carbonyl (C=O) groups excluding carboxylic acids is 2. The van der Waals surface area contributed by atoms with Gasteiger partial charge in [-0.15, -0.1) is 0 Å². The summed E-state index contributed by atoms with van der Waals surface area (Å²) in [4.78, 5) is 43.1. The zero-order chi connectivity index (χ0) is 18.8. The second-order valence-corrected chi connectivity index (χ2v) is 6.84. The van der Waals surface area contributed by atoms with Crippen LogP contribution in [0, 0.1) is 13.8 Å². The van der Waals surface area contributed by atoms with Crippen LogP contribution in [0.2, 0.25) is 0 Å². The van der Waals surface area contributed by atoms with Crippen LogP contribution in [0.25, 0.3) is 0 Å². The van der Waals surface area contributed by atoms with Crippen molar-refractivity contribution >= 4 is 11.8 Å². The van der Waals surface area contributed by atoms with Crippen LogP contribution in [-0.4, -0.2) is 45.7 Å². The van der Waals surface area contributed by atoms with Crippen molar-refractivity contribution in [2.75, 3.05) is 13.1 Å². The van der Waals surface area contributed by atoms with Crippen molar-refractivity contribution in [3.8, 4) is 0 Å². The molecule has 1 N–H and O–H groups in total. The number of hydrogen-bond acceptors (Lipinski definition) is 3.